The van der Waals surface area contributed by atoms with Gasteiger partial charge in [-0.2, -0.15) is 0 Å². The Morgan fingerprint density at radius 1 is 0.912 bits per heavy atom. The molecular weight excluding hydrogens is 454 g/mol. The molecule has 1 aliphatic heterocycles. The van der Waals surface area contributed by atoms with Gasteiger partial charge in [-0.1, -0.05) is 36.4 Å². The molecule has 6 heteroatoms. The average molecular weight is 483 g/mol. The van der Waals surface area contributed by atoms with E-state index in [1.165, 1.54) is 18.2 Å². The zero-order chi connectivity index (χ0) is 22.8. The number of nitrogens with one attached hydrogen (secondary N) is 1. The smallest absolute Gasteiger partial charge is 0.123 e. The molecule has 0 spiro atoms. The van der Waals surface area contributed by atoms with Crippen molar-refractivity contribution in [2.24, 2.45) is 0 Å². The standard InChI is InChI=1S/C28H28F2N2O.ClH/c29-22-8-10-26(24(17-22)20-5-2-1-3-6-20)28(33)12-15-32(16-13-28)14-4-7-21-19-31-27-11-9-23(30)18-25(21)27;/h1-3,5-6,8-11,17-19,31,33H,4,7,12-16H2;1H. The van der Waals surface area contributed by atoms with Gasteiger partial charge >= 0.3 is 0 Å². The summed E-state index contributed by atoms with van der Waals surface area (Å²) in [6.07, 6.45) is 5.03. The molecule has 0 saturated carbocycles. The molecular formula is C28H29ClF2N2O. The van der Waals surface area contributed by atoms with Crippen LogP contribution in [0.3, 0.4) is 0 Å². The minimum absolute atomic E-state index is 0. The molecule has 0 bridgehead atoms. The summed E-state index contributed by atoms with van der Waals surface area (Å²) in [7, 11) is 0. The number of hydrogen-bond donors (Lipinski definition) is 2. The molecule has 178 valence electrons. The number of benzene rings is 3. The Morgan fingerprint density at radius 2 is 1.62 bits per heavy atom. The number of hydrogen-bond acceptors (Lipinski definition) is 2. The second kappa shape index (κ2) is 10.3. The summed E-state index contributed by atoms with van der Waals surface area (Å²) in [4.78, 5) is 5.59. The summed E-state index contributed by atoms with van der Waals surface area (Å²) < 4.78 is 27.7. The molecule has 3 nitrogen and oxygen atoms in total. The minimum atomic E-state index is -0.969. The zero-order valence-electron chi connectivity index (χ0n) is 18.9. The lowest BCUT2D eigenvalue weighted by Gasteiger charge is -2.39. The van der Waals surface area contributed by atoms with Crippen molar-refractivity contribution in [1.82, 2.24) is 9.88 Å². The monoisotopic (exact) mass is 482 g/mol. The number of piperidine rings is 1. The van der Waals surface area contributed by atoms with Gasteiger partial charge in [-0.3, -0.25) is 0 Å². The predicted octanol–water partition coefficient (Wildman–Crippen LogP) is 6.45. The van der Waals surface area contributed by atoms with Gasteiger partial charge in [0.05, 0.1) is 5.60 Å². The topological polar surface area (TPSA) is 39.3 Å². The lowest BCUT2D eigenvalue weighted by Crippen LogP contribution is -2.43. The lowest BCUT2D eigenvalue weighted by molar-refractivity contribution is -0.0255. The third-order valence-electron chi connectivity index (χ3n) is 6.90. The molecule has 1 aliphatic rings. The minimum Gasteiger partial charge on any atom is -0.385 e. The number of likely N-dealkylation sites (tertiary alicyclic amines) is 1. The van der Waals surface area contributed by atoms with Crippen LogP contribution in [0.1, 0.15) is 30.4 Å². The highest BCUT2D eigenvalue weighted by Crippen LogP contribution is 2.39. The van der Waals surface area contributed by atoms with Crippen LogP contribution >= 0.6 is 12.4 Å². The van der Waals surface area contributed by atoms with Crippen LogP contribution < -0.4 is 0 Å². The van der Waals surface area contributed by atoms with Gasteiger partial charge in [0.25, 0.3) is 0 Å². The molecule has 4 aromatic rings. The summed E-state index contributed by atoms with van der Waals surface area (Å²) in [6, 6.07) is 19.2. The number of fused-ring (bicyclic) bond motifs is 1. The highest BCUT2D eigenvalue weighted by Gasteiger charge is 2.35. The quantitative estimate of drug-likeness (QED) is 0.331. The maximum Gasteiger partial charge on any atom is 0.123 e. The SMILES string of the molecule is Cl.OC1(c2ccc(F)cc2-c2ccccc2)CCN(CCCc2c[nH]c3ccc(F)cc23)CC1. The van der Waals surface area contributed by atoms with Gasteiger partial charge in [0.15, 0.2) is 0 Å². The maximum atomic E-state index is 14.0. The Labute approximate surface area is 204 Å². The van der Waals surface area contributed by atoms with E-state index in [9.17, 15) is 13.9 Å². The molecule has 2 N–H and O–H groups in total. The fourth-order valence-corrected chi connectivity index (χ4v) is 5.05. The Kier molecular flexibility index (Phi) is 7.36. The van der Waals surface area contributed by atoms with Crippen molar-refractivity contribution >= 4 is 23.3 Å². The average Bonchev–Trinajstić information content (AvgIpc) is 3.23. The molecule has 0 radical (unpaired) electrons. The number of rotatable bonds is 6. The Balaban J connectivity index is 0.00000274. The number of aryl methyl sites for hydroxylation is 1. The molecule has 0 aliphatic carbocycles. The van der Waals surface area contributed by atoms with E-state index in [1.54, 1.807) is 18.2 Å². The van der Waals surface area contributed by atoms with Crippen molar-refractivity contribution in [3.05, 3.63) is 95.7 Å². The number of aromatic nitrogens is 1. The molecule has 2 heterocycles. The molecule has 1 fully saturated rings. The van der Waals surface area contributed by atoms with Crippen molar-refractivity contribution in [2.45, 2.75) is 31.3 Å². The van der Waals surface area contributed by atoms with Crippen molar-refractivity contribution < 1.29 is 13.9 Å². The van der Waals surface area contributed by atoms with Gasteiger partial charge in [0.2, 0.25) is 0 Å². The van der Waals surface area contributed by atoms with Gasteiger partial charge in [0.1, 0.15) is 11.6 Å². The first kappa shape index (κ1) is 24.4. The lowest BCUT2D eigenvalue weighted by atomic mass is 9.80. The number of aromatic amines is 1. The van der Waals surface area contributed by atoms with E-state index < -0.39 is 5.60 Å². The third kappa shape index (κ3) is 5.02. The molecule has 0 unspecified atom stereocenters. The van der Waals surface area contributed by atoms with Gasteiger partial charge in [-0.25, -0.2) is 8.78 Å². The van der Waals surface area contributed by atoms with E-state index in [4.69, 9.17) is 0 Å². The van der Waals surface area contributed by atoms with Crippen LogP contribution in [0.25, 0.3) is 22.0 Å². The van der Waals surface area contributed by atoms with Gasteiger partial charge < -0.3 is 15.0 Å². The molecule has 3 aromatic carbocycles. The summed E-state index contributed by atoms with van der Waals surface area (Å²) in [6.45, 7) is 2.49. The van der Waals surface area contributed by atoms with E-state index in [2.05, 4.69) is 9.88 Å². The van der Waals surface area contributed by atoms with Gasteiger partial charge in [-0.15, -0.1) is 12.4 Å². The number of aliphatic hydroxyl groups is 1. The maximum absolute atomic E-state index is 14.0. The van der Waals surface area contributed by atoms with E-state index in [0.29, 0.717) is 12.8 Å². The first-order chi connectivity index (χ1) is 16.0. The fraction of sp³-hybridized carbons (Fsp3) is 0.286. The Morgan fingerprint density at radius 3 is 2.38 bits per heavy atom. The highest BCUT2D eigenvalue weighted by atomic mass is 35.5. The molecule has 0 atom stereocenters. The fourth-order valence-electron chi connectivity index (χ4n) is 5.05. The Bertz CT molecular complexity index is 1250. The van der Waals surface area contributed by atoms with Crippen molar-refractivity contribution in [1.29, 1.82) is 0 Å². The molecule has 0 amide bonds. The first-order valence-corrected chi connectivity index (χ1v) is 11.6. The predicted molar refractivity (Wildman–Crippen MR) is 135 cm³/mol. The molecule has 1 saturated heterocycles. The van der Waals surface area contributed by atoms with E-state index in [1.807, 2.05) is 36.5 Å². The number of halogens is 3. The third-order valence-corrected chi connectivity index (χ3v) is 6.90. The van der Waals surface area contributed by atoms with Gasteiger partial charge in [-0.05, 0) is 84.8 Å². The number of nitrogens with zero attached hydrogens (tertiary/aromatic N) is 1. The number of H-pyrrole nitrogens is 1. The van der Waals surface area contributed by atoms with Crippen LogP contribution in [-0.2, 0) is 12.0 Å². The van der Waals surface area contributed by atoms with Crippen LogP contribution in [0.2, 0.25) is 0 Å². The van der Waals surface area contributed by atoms with Crippen LogP contribution in [0.4, 0.5) is 8.78 Å². The zero-order valence-corrected chi connectivity index (χ0v) is 19.8. The van der Waals surface area contributed by atoms with Crippen LogP contribution in [-0.4, -0.2) is 34.6 Å². The van der Waals surface area contributed by atoms with Crippen LogP contribution in [0.5, 0.6) is 0 Å². The van der Waals surface area contributed by atoms with E-state index in [0.717, 1.165) is 65.6 Å². The van der Waals surface area contributed by atoms with Crippen LogP contribution in [0.15, 0.2) is 72.9 Å². The largest absolute Gasteiger partial charge is 0.385 e. The summed E-state index contributed by atoms with van der Waals surface area (Å²) in [5.74, 6) is -0.509. The highest BCUT2D eigenvalue weighted by molar-refractivity contribution is 5.85. The van der Waals surface area contributed by atoms with Crippen molar-refractivity contribution in [3.8, 4) is 11.1 Å². The second-order valence-corrected chi connectivity index (χ2v) is 9.04. The van der Waals surface area contributed by atoms with Gasteiger partial charge in [0, 0.05) is 30.2 Å². The van der Waals surface area contributed by atoms with Crippen LogP contribution in [0, 0.1) is 11.6 Å². The summed E-state index contributed by atoms with van der Waals surface area (Å²) >= 11 is 0. The molecule has 5 rings (SSSR count). The molecule has 1 aromatic heterocycles. The van der Waals surface area contributed by atoms with Crippen molar-refractivity contribution in [2.75, 3.05) is 19.6 Å². The summed E-state index contributed by atoms with van der Waals surface area (Å²) in [5, 5.41) is 12.5. The molecule has 34 heavy (non-hydrogen) atoms. The summed E-state index contributed by atoms with van der Waals surface area (Å²) in [5.41, 5.74) is 3.61. The normalized spacial score (nSPS) is 15.9. The first-order valence-electron chi connectivity index (χ1n) is 11.6. The van der Waals surface area contributed by atoms with Crippen molar-refractivity contribution in [3.63, 3.8) is 0 Å². The van der Waals surface area contributed by atoms with E-state index in [-0.39, 0.29) is 24.0 Å². The van der Waals surface area contributed by atoms with E-state index >= 15 is 0 Å². The second-order valence-electron chi connectivity index (χ2n) is 9.04. The Hall–Kier alpha value is -2.73.